The van der Waals surface area contributed by atoms with Gasteiger partial charge in [-0.2, -0.15) is 0 Å². The molecule has 0 aliphatic heterocycles. The SMILES string of the molecule is CCn1c(C(O)(c2ccccc2)c2ccccc2)nc2ccc(C(=O)NCC(O)CO)cc21. The third-order valence-corrected chi connectivity index (χ3v) is 5.74. The van der Waals surface area contributed by atoms with Gasteiger partial charge in [0.1, 0.15) is 0 Å². The van der Waals surface area contributed by atoms with Crippen LogP contribution in [0.5, 0.6) is 0 Å². The fraction of sp³-hybridized carbons (Fsp3) is 0.231. The molecule has 33 heavy (non-hydrogen) atoms. The number of aliphatic hydroxyl groups excluding tert-OH is 2. The first-order valence-corrected chi connectivity index (χ1v) is 10.9. The van der Waals surface area contributed by atoms with Crippen molar-refractivity contribution in [1.29, 1.82) is 0 Å². The molecule has 7 nitrogen and oxygen atoms in total. The van der Waals surface area contributed by atoms with Crippen molar-refractivity contribution < 1.29 is 20.1 Å². The molecule has 0 saturated heterocycles. The van der Waals surface area contributed by atoms with Gasteiger partial charge in [-0.3, -0.25) is 4.79 Å². The van der Waals surface area contributed by atoms with E-state index in [9.17, 15) is 15.0 Å². The number of hydrogen-bond donors (Lipinski definition) is 4. The summed E-state index contributed by atoms with van der Waals surface area (Å²) in [6.07, 6.45) is -1.02. The zero-order valence-corrected chi connectivity index (χ0v) is 18.3. The van der Waals surface area contributed by atoms with E-state index in [0.29, 0.717) is 40.1 Å². The first-order valence-electron chi connectivity index (χ1n) is 10.9. The fourth-order valence-corrected chi connectivity index (χ4v) is 4.02. The van der Waals surface area contributed by atoms with E-state index in [1.165, 1.54) is 0 Å². The Morgan fingerprint density at radius 2 is 1.64 bits per heavy atom. The molecule has 7 heteroatoms. The molecule has 0 aliphatic rings. The third-order valence-electron chi connectivity index (χ3n) is 5.74. The van der Waals surface area contributed by atoms with Gasteiger partial charge >= 0.3 is 0 Å². The molecule has 0 aliphatic carbocycles. The second-order valence-electron chi connectivity index (χ2n) is 7.87. The second kappa shape index (κ2) is 9.54. The maximum absolute atomic E-state index is 12.6. The molecule has 4 N–H and O–H groups in total. The number of nitrogens with zero attached hydrogens (tertiary/aromatic N) is 2. The van der Waals surface area contributed by atoms with Crippen molar-refractivity contribution in [3.63, 3.8) is 0 Å². The van der Waals surface area contributed by atoms with Crippen LogP contribution in [-0.4, -0.2) is 50.0 Å². The quantitative estimate of drug-likeness (QED) is 0.333. The number of rotatable bonds is 8. The summed E-state index contributed by atoms with van der Waals surface area (Å²) in [6, 6.07) is 23.9. The highest BCUT2D eigenvalue weighted by Gasteiger charge is 2.38. The van der Waals surface area contributed by atoms with Crippen molar-refractivity contribution in [3.8, 4) is 0 Å². The number of carbonyl (C=O) groups is 1. The summed E-state index contributed by atoms with van der Waals surface area (Å²) in [5.74, 6) is 0.0989. The van der Waals surface area contributed by atoms with Crippen LogP contribution in [0.2, 0.25) is 0 Å². The van der Waals surface area contributed by atoms with Crippen LogP contribution >= 0.6 is 0 Å². The highest BCUT2D eigenvalue weighted by atomic mass is 16.3. The summed E-state index contributed by atoms with van der Waals surface area (Å²) < 4.78 is 1.91. The van der Waals surface area contributed by atoms with Crippen molar-refractivity contribution in [1.82, 2.24) is 14.9 Å². The molecular weight excluding hydrogens is 418 g/mol. The number of fused-ring (bicyclic) bond motifs is 1. The lowest BCUT2D eigenvalue weighted by molar-refractivity contribution is 0.0802. The Balaban J connectivity index is 1.85. The Hall–Kier alpha value is -3.52. The van der Waals surface area contributed by atoms with Crippen LogP contribution in [-0.2, 0) is 12.1 Å². The maximum atomic E-state index is 12.6. The summed E-state index contributed by atoms with van der Waals surface area (Å²) in [5.41, 5.74) is 1.66. The predicted octanol–water partition coefficient (Wildman–Crippen LogP) is 2.42. The van der Waals surface area contributed by atoms with Crippen LogP contribution in [0.4, 0.5) is 0 Å². The molecule has 1 unspecified atom stereocenters. The number of aryl methyl sites for hydroxylation is 1. The van der Waals surface area contributed by atoms with Crippen molar-refractivity contribution in [3.05, 3.63) is 101 Å². The Labute approximate surface area is 192 Å². The van der Waals surface area contributed by atoms with Gasteiger partial charge in [0.25, 0.3) is 5.91 Å². The average Bonchev–Trinajstić information content (AvgIpc) is 3.25. The minimum absolute atomic E-state index is 0.0482. The smallest absolute Gasteiger partial charge is 0.251 e. The van der Waals surface area contributed by atoms with Gasteiger partial charge in [0.15, 0.2) is 11.4 Å². The van der Waals surface area contributed by atoms with Crippen LogP contribution in [0.15, 0.2) is 78.9 Å². The second-order valence-corrected chi connectivity index (χ2v) is 7.87. The van der Waals surface area contributed by atoms with Crippen molar-refractivity contribution in [2.24, 2.45) is 0 Å². The maximum Gasteiger partial charge on any atom is 0.251 e. The predicted molar refractivity (Wildman–Crippen MR) is 126 cm³/mol. The summed E-state index contributed by atoms with van der Waals surface area (Å²) in [4.78, 5) is 17.4. The summed E-state index contributed by atoms with van der Waals surface area (Å²) >= 11 is 0. The van der Waals surface area contributed by atoms with E-state index in [0.717, 1.165) is 0 Å². The van der Waals surface area contributed by atoms with Crippen LogP contribution in [0.3, 0.4) is 0 Å². The number of hydrogen-bond acceptors (Lipinski definition) is 5. The molecule has 4 rings (SSSR count). The molecule has 0 bridgehead atoms. The number of amides is 1. The van der Waals surface area contributed by atoms with Crippen molar-refractivity contribution in [2.45, 2.75) is 25.2 Å². The van der Waals surface area contributed by atoms with Gasteiger partial charge in [0.05, 0.1) is 23.7 Å². The van der Waals surface area contributed by atoms with E-state index in [1.54, 1.807) is 18.2 Å². The average molecular weight is 446 g/mol. The third kappa shape index (κ3) is 4.26. The minimum Gasteiger partial charge on any atom is -0.394 e. The molecule has 0 spiro atoms. The van der Waals surface area contributed by atoms with E-state index >= 15 is 0 Å². The van der Waals surface area contributed by atoms with Crippen LogP contribution in [0.25, 0.3) is 11.0 Å². The Morgan fingerprint density at radius 1 is 1.03 bits per heavy atom. The first kappa shape index (κ1) is 22.7. The van der Waals surface area contributed by atoms with Crippen LogP contribution in [0, 0.1) is 0 Å². The van der Waals surface area contributed by atoms with Gasteiger partial charge in [-0.05, 0) is 36.2 Å². The normalized spacial score (nSPS) is 12.6. The van der Waals surface area contributed by atoms with Crippen LogP contribution in [0.1, 0.15) is 34.2 Å². The molecule has 170 valence electrons. The van der Waals surface area contributed by atoms with Gasteiger partial charge in [-0.25, -0.2) is 4.98 Å². The van der Waals surface area contributed by atoms with E-state index in [1.807, 2.05) is 72.2 Å². The van der Waals surface area contributed by atoms with Gasteiger partial charge < -0.3 is 25.2 Å². The van der Waals surface area contributed by atoms with E-state index in [-0.39, 0.29) is 12.5 Å². The van der Waals surface area contributed by atoms with E-state index in [2.05, 4.69) is 5.32 Å². The Bertz CT molecular complexity index is 1200. The Morgan fingerprint density at radius 3 is 2.18 bits per heavy atom. The van der Waals surface area contributed by atoms with Gasteiger partial charge in [0, 0.05) is 18.7 Å². The zero-order chi connectivity index (χ0) is 23.4. The molecule has 1 atom stereocenters. The standard InChI is InChI=1S/C26H27N3O4/c1-2-29-23-15-18(24(32)27-16-21(31)17-30)13-14-22(23)28-25(29)26(33,19-9-5-3-6-10-19)20-11-7-4-8-12-20/h3-15,21,30-31,33H,2,16-17H2,1H3,(H,27,32). The number of aliphatic hydroxyl groups is 3. The van der Waals surface area contributed by atoms with Gasteiger partial charge in [-0.15, -0.1) is 0 Å². The molecule has 1 heterocycles. The monoisotopic (exact) mass is 445 g/mol. The number of carbonyl (C=O) groups excluding carboxylic acids is 1. The van der Waals surface area contributed by atoms with Gasteiger partial charge in [-0.1, -0.05) is 60.7 Å². The lowest BCUT2D eigenvalue weighted by Gasteiger charge is -2.29. The number of nitrogens with one attached hydrogen (secondary N) is 1. The molecule has 1 aromatic heterocycles. The molecule has 0 fully saturated rings. The lowest BCUT2D eigenvalue weighted by Crippen LogP contribution is -2.33. The topological polar surface area (TPSA) is 108 Å². The number of imidazole rings is 1. The molecule has 0 saturated carbocycles. The fourth-order valence-electron chi connectivity index (χ4n) is 4.02. The van der Waals surface area contributed by atoms with E-state index in [4.69, 9.17) is 10.1 Å². The number of aromatic nitrogens is 2. The summed E-state index contributed by atoms with van der Waals surface area (Å²) in [5, 5.41) is 33.3. The molecular formula is C26H27N3O4. The van der Waals surface area contributed by atoms with Gasteiger partial charge in [0.2, 0.25) is 0 Å². The molecule has 4 aromatic rings. The summed E-state index contributed by atoms with van der Waals surface area (Å²) in [7, 11) is 0. The first-order chi connectivity index (χ1) is 16.0. The lowest BCUT2D eigenvalue weighted by atomic mass is 9.85. The number of benzene rings is 3. The molecule has 1 amide bonds. The largest absolute Gasteiger partial charge is 0.394 e. The van der Waals surface area contributed by atoms with E-state index < -0.39 is 18.3 Å². The molecule has 0 radical (unpaired) electrons. The minimum atomic E-state index is -1.49. The van der Waals surface area contributed by atoms with Crippen molar-refractivity contribution in [2.75, 3.05) is 13.2 Å². The van der Waals surface area contributed by atoms with Crippen molar-refractivity contribution >= 4 is 16.9 Å². The highest BCUT2D eigenvalue weighted by Crippen LogP contribution is 2.37. The molecule has 3 aromatic carbocycles. The van der Waals surface area contributed by atoms with Crippen LogP contribution < -0.4 is 5.32 Å². The Kier molecular flexibility index (Phi) is 6.55. The highest BCUT2D eigenvalue weighted by molar-refractivity contribution is 5.97. The zero-order valence-electron chi connectivity index (χ0n) is 18.3. The summed E-state index contributed by atoms with van der Waals surface area (Å²) in [6.45, 7) is 2.02.